The van der Waals surface area contributed by atoms with Crippen molar-refractivity contribution in [3.63, 3.8) is 0 Å². The summed E-state index contributed by atoms with van der Waals surface area (Å²) in [5.74, 6) is 0.265. The van der Waals surface area contributed by atoms with Gasteiger partial charge in [-0.05, 0) is 35.4 Å². The first kappa shape index (κ1) is 24.9. The number of rotatable bonds is 7. The molecule has 6 heteroatoms. The third kappa shape index (κ3) is 5.28. The number of phenolic OH excluding ortho intramolecular Hbond substituents is 2. The second-order valence-corrected chi connectivity index (χ2v) is 9.44. The van der Waals surface area contributed by atoms with Crippen LogP contribution in [0.5, 0.6) is 11.5 Å². The molecule has 0 bridgehead atoms. The van der Waals surface area contributed by atoms with E-state index in [0.29, 0.717) is 22.4 Å². The van der Waals surface area contributed by atoms with Crippen molar-refractivity contribution in [1.29, 1.82) is 0 Å². The molecule has 0 fully saturated rings. The molecule has 194 valence electrons. The Morgan fingerprint density at radius 2 is 0.900 bits per heavy atom. The maximum absolute atomic E-state index is 10.3. The van der Waals surface area contributed by atoms with Crippen molar-refractivity contribution in [3.05, 3.63) is 144 Å². The second-order valence-electron chi connectivity index (χ2n) is 9.44. The lowest BCUT2D eigenvalue weighted by Crippen LogP contribution is -2.09. The average molecular weight is 523 g/mol. The summed E-state index contributed by atoms with van der Waals surface area (Å²) < 4.78 is 0. The SMILES string of the molecule is Oc1cccc2ccc(C=N[C@H](c3ccccc3)[C@H](N=Cc3ccc4cccc(O)c4n3)c3ccccc3)nc12. The van der Waals surface area contributed by atoms with Crippen molar-refractivity contribution in [3.8, 4) is 11.5 Å². The largest absolute Gasteiger partial charge is 0.506 e. The third-order valence-electron chi connectivity index (χ3n) is 6.76. The summed E-state index contributed by atoms with van der Waals surface area (Å²) in [5, 5.41) is 22.3. The Morgan fingerprint density at radius 3 is 1.32 bits per heavy atom. The molecule has 0 saturated carbocycles. The summed E-state index contributed by atoms with van der Waals surface area (Å²) in [6, 6.07) is 37.7. The van der Waals surface area contributed by atoms with E-state index in [1.807, 2.05) is 97.1 Å². The topological polar surface area (TPSA) is 91.0 Å². The molecule has 0 radical (unpaired) electrons. The Balaban J connectivity index is 1.42. The number of aliphatic imine (C=N–C) groups is 2. The molecule has 2 N–H and O–H groups in total. The van der Waals surface area contributed by atoms with Crippen molar-refractivity contribution in [2.24, 2.45) is 9.98 Å². The average Bonchev–Trinajstić information content (AvgIpc) is 3.00. The fraction of sp³-hybridized carbons (Fsp3) is 0.0588. The van der Waals surface area contributed by atoms with Crippen LogP contribution in [0.1, 0.15) is 34.6 Å². The van der Waals surface area contributed by atoms with Gasteiger partial charge in [0.15, 0.2) is 0 Å². The highest BCUT2D eigenvalue weighted by Crippen LogP contribution is 2.35. The van der Waals surface area contributed by atoms with Crippen LogP contribution in [0.25, 0.3) is 21.8 Å². The van der Waals surface area contributed by atoms with Crippen LogP contribution in [0.15, 0.2) is 131 Å². The summed E-state index contributed by atoms with van der Waals surface area (Å²) in [6.07, 6.45) is 3.47. The monoisotopic (exact) mass is 522 g/mol. The summed E-state index contributed by atoms with van der Waals surface area (Å²) >= 11 is 0. The summed E-state index contributed by atoms with van der Waals surface area (Å²) in [6.45, 7) is 0. The molecular weight excluding hydrogens is 496 g/mol. The minimum Gasteiger partial charge on any atom is -0.506 e. The first-order chi connectivity index (χ1) is 19.7. The zero-order valence-electron chi connectivity index (χ0n) is 21.5. The smallest absolute Gasteiger partial charge is 0.141 e. The molecule has 0 aliphatic rings. The molecule has 2 aromatic heterocycles. The highest BCUT2D eigenvalue weighted by atomic mass is 16.3. The standard InChI is InChI=1S/C34H26N4O2/c39-29-15-7-13-25-17-19-27(37-31(25)29)21-35-33(23-9-3-1-4-10-23)34(24-11-5-2-6-12-24)36-22-28-20-18-26-14-8-16-30(40)32(26)38-28/h1-22,33-34,39-40H/t33-,34-/m1/s1. The number of pyridine rings is 2. The van der Waals surface area contributed by atoms with Gasteiger partial charge < -0.3 is 10.2 Å². The lowest BCUT2D eigenvalue weighted by atomic mass is 9.94. The molecule has 0 aliphatic carbocycles. The van der Waals surface area contributed by atoms with E-state index < -0.39 is 0 Å². The number of aromatic nitrogens is 2. The van der Waals surface area contributed by atoms with E-state index in [-0.39, 0.29) is 23.6 Å². The zero-order chi connectivity index (χ0) is 27.3. The van der Waals surface area contributed by atoms with Crippen LogP contribution in [0.3, 0.4) is 0 Å². The number of benzene rings is 4. The molecule has 6 nitrogen and oxygen atoms in total. The number of hydrogen-bond donors (Lipinski definition) is 2. The molecule has 4 aromatic carbocycles. The van der Waals surface area contributed by atoms with Gasteiger partial charge >= 0.3 is 0 Å². The van der Waals surface area contributed by atoms with Crippen LogP contribution in [0.2, 0.25) is 0 Å². The molecule has 40 heavy (non-hydrogen) atoms. The van der Waals surface area contributed by atoms with Gasteiger partial charge in [-0.3, -0.25) is 9.98 Å². The Kier molecular flexibility index (Phi) is 6.97. The lowest BCUT2D eigenvalue weighted by molar-refractivity contribution is 0.480. The Bertz CT molecular complexity index is 1700. The quantitative estimate of drug-likeness (QED) is 0.217. The second kappa shape index (κ2) is 11.2. The first-order valence-electron chi connectivity index (χ1n) is 13.0. The molecule has 0 aliphatic heterocycles. The Labute approximate surface area is 231 Å². The minimum atomic E-state index is -0.365. The molecule has 6 rings (SSSR count). The molecule has 2 heterocycles. The third-order valence-corrected chi connectivity index (χ3v) is 6.76. The van der Waals surface area contributed by atoms with E-state index >= 15 is 0 Å². The number of phenols is 2. The number of hydrogen-bond acceptors (Lipinski definition) is 6. The van der Waals surface area contributed by atoms with Gasteiger partial charge in [-0.1, -0.05) is 97.1 Å². The van der Waals surface area contributed by atoms with E-state index in [2.05, 4.69) is 9.97 Å². The maximum Gasteiger partial charge on any atom is 0.141 e. The highest BCUT2D eigenvalue weighted by Gasteiger charge is 2.23. The van der Waals surface area contributed by atoms with Gasteiger partial charge in [0, 0.05) is 23.2 Å². The Morgan fingerprint density at radius 1 is 0.475 bits per heavy atom. The number of nitrogens with zero attached hydrogens (tertiary/aromatic N) is 4. The van der Waals surface area contributed by atoms with E-state index in [1.165, 1.54) is 0 Å². The van der Waals surface area contributed by atoms with Gasteiger partial charge in [0.05, 0.1) is 11.4 Å². The number of aromatic hydroxyl groups is 2. The molecule has 0 unspecified atom stereocenters. The van der Waals surface area contributed by atoms with Crippen LogP contribution < -0.4 is 0 Å². The zero-order valence-corrected chi connectivity index (χ0v) is 21.5. The maximum atomic E-state index is 10.3. The van der Waals surface area contributed by atoms with Crippen LogP contribution in [-0.4, -0.2) is 32.6 Å². The summed E-state index contributed by atoms with van der Waals surface area (Å²) in [7, 11) is 0. The summed E-state index contributed by atoms with van der Waals surface area (Å²) in [4.78, 5) is 19.3. The van der Waals surface area contributed by atoms with Crippen molar-refractivity contribution in [2.75, 3.05) is 0 Å². The van der Waals surface area contributed by atoms with Crippen LogP contribution in [0, 0.1) is 0 Å². The summed E-state index contributed by atoms with van der Waals surface area (Å²) in [5.41, 5.74) is 4.33. The molecule has 0 amide bonds. The van der Waals surface area contributed by atoms with E-state index in [0.717, 1.165) is 21.9 Å². The molecule has 6 aromatic rings. The molecule has 2 atom stereocenters. The fourth-order valence-electron chi connectivity index (χ4n) is 4.75. The Hall–Kier alpha value is -5.36. The first-order valence-corrected chi connectivity index (χ1v) is 13.0. The molecule has 0 saturated heterocycles. The van der Waals surface area contributed by atoms with Gasteiger partial charge in [0.1, 0.15) is 34.6 Å². The van der Waals surface area contributed by atoms with Crippen molar-refractivity contribution in [2.45, 2.75) is 12.1 Å². The van der Waals surface area contributed by atoms with Crippen molar-refractivity contribution in [1.82, 2.24) is 9.97 Å². The van der Waals surface area contributed by atoms with E-state index in [1.54, 1.807) is 36.7 Å². The number of para-hydroxylation sites is 2. The highest BCUT2D eigenvalue weighted by molar-refractivity contribution is 5.89. The minimum absolute atomic E-state index is 0.132. The lowest BCUT2D eigenvalue weighted by Gasteiger charge is -2.22. The van der Waals surface area contributed by atoms with E-state index in [4.69, 9.17) is 9.98 Å². The predicted molar refractivity (Wildman–Crippen MR) is 160 cm³/mol. The van der Waals surface area contributed by atoms with Gasteiger partial charge in [-0.25, -0.2) is 9.97 Å². The number of fused-ring (bicyclic) bond motifs is 2. The van der Waals surface area contributed by atoms with Gasteiger partial charge in [-0.2, -0.15) is 0 Å². The van der Waals surface area contributed by atoms with Crippen LogP contribution >= 0.6 is 0 Å². The van der Waals surface area contributed by atoms with Crippen LogP contribution in [-0.2, 0) is 0 Å². The molecular formula is C34H26N4O2. The van der Waals surface area contributed by atoms with Gasteiger partial charge in [-0.15, -0.1) is 0 Å². The van der Waals surface area contributed by atoms with Gasteiger partial charge in [0.2, 0.25) is 0 Å². The normalized spacial score (nSPS) is 13.3. The predicted octanol–water partition coefficient (Wildman–Crippen LogP) is 7.21. The van der Waals surface area contributed by atoms with E-state index in [9.17, 15) is 10.2 Å². The molecule has 0 spiro atoms. The van der Waals surface area contributed by atoms with Crippen LogP contribution in [0.4, 0.5) is 0 Å². The van der Waals surface area contributed by atoms with Crippen molar-refractivity contribution >= 4 is 34.2 Å². The van der Waals surface area contributed by atoms with Gasteiger partial charge in [0.25, 0.3) is 0 Å². The van der Waals surface area contributed by atoms with Crippen molar-refractivity contribution < 1.29 is 10.2 Å². The fourth-order valence-corrected chi connectivity index (χ4v) is 4.75.